The number of ether oxygens (including phenoxy) is 3. The van der Waals surface area contributed by atoms with Gasteiger partial charge in [-0.1, -0.05) is 29.8 Å². The number of carbonyl (C=O) groups excluding carboxylic acids is 2. The van der Waals surface area contributed by atoms with E-state index in [4.69, 9.17) is 25.8 Å². The van der Waals surface area contributed by atoms with Gasteiger partial charge in [-0.15, -0.1) is 0 Å². The van der Waals surface area contributed by atoms with Gasteiger partial charge in [-0.05, 0) is 11.6 Å². The molecule has 7 heteroatoms. The van der Waals surface area contributed by atoms with Crippen LogP contribution in [0.1, 0.15) is 15.9 Å². The van der Waals surface area contributed by atoms with Crippen LogP contribution in [0.3, 0.4) is 0 Å². The molecule has 0 aliphatic carbocycles. The topological polar surface area (TPSA) is 73.9 Å². The number of cyclic esters (lactones) is 1. The molecule has 0 aromatic heterocycles. The van der Waals surface area contributed by atoms with Crippen molar-refractivity contribution in [2.45, 2.75) is 12.5 Å². The summed E-state index contributed by atoms with van der Waals surface area (Å²) in [5, 5.41) is 2.96. The normalized spacial score (nSPS) is 15.8. The van der Waals surface area contributed by atoms with E-state index >= 15 is 0 Å². The lowest BCUT2D eigenvalue weighted by Crippen LogP contribution is -2.38. The second-order valence-electron chi connectivity index (χ2n) is 5.43. The Hall–Kier alpha value is -2.73. The summed E-state index contributed by atoms with van der Waals surface area (Å²) in [6.45, 7) is 0. The minimum Gasteiger partial charge on any atom is -0.493 e. The maximum atomic E-state index is 12.5. The average molecular weight is 362 g/mol. The highest BCUT2D eigenvalue weighted by molar-refractivity contribution is 6.34. The fourth-order valence-corrected chi connectivity index (χ4v) is 2.84. The van der Waals surface area contributed by atoms with Crippen molar-refractivity contribution in [3.63, 3.8) is 0 Å². The highest BCUT2D eigenvalue weighted by Gasteiger charge is 2.31. The summed E-state index contributed by atoms with van der Waals surface area (Å²) in [6, 6.07) is 10.1. The molecular weight excluding hydrogens is 346 g/mol. The highest BCUT2D eigenvalue weighted by atomic mass is 35.5. The van der Waals surface area contributed by atoms with Gasteiger partial charge in [-0.2, -0.15) is 0 Å². The first-order valence-electron chi connectivity index (χ1n) is 7.54. The van der Waals surface area contributed by atoms with E-state index in [0.29, 0.717) is 29.2 Å². The molecule has 1 aliphatic rings. The Kier molecular flexibility index (Phi) is 4.81. The number of rotatable bonds is 4. The zero-order valence-electron chi connectivity index (χ0n) is 13.7. The zero-order chi connectivity index (χ0) is 18.0. The van der Waals surface area contributed by atoms with Gasteiger partial charge in [0.05, 0.1) is 30.5 Å². The molecule has 1 aliphatic heterocycles. The molecule has 25 heavy (non-hydrogen) atoms. The fourth-order valence-electron chi connectivity index (χ4n) is 2.64. The number of amides is 1. The maximum absolute atomic E-state index is 12.5. The molecule has 0 radical (unpaired) electrons. The van der Waals surface area contributed by atoms with Crippen LogP contribution in [0.25, 0.3) is 0 Å². The molecule has 0 spiro atoms. The van der Waals surface area contributed by atoms with Crippen molar-refractivity contribution in [2.75, 3.05) is 19.5 Å². The van der Waals surface area contributed by atoms with Crippen LogP contribution in [-0.2, 0) is 16.0 Å². The molecule has 0 saturated heterocycles. The SMILES string of the molecule is COc1cc(Cl)c(NC(=O)[C@H]2Cc3ccccc3C(=O)O2)cc1OC. The van der Waals surface area contributed by atoms with Crippen LogP contribution in [-0.4, -0.2) is 32.2 Å². The molecule has 0 unspecified atom stereocenters. The molecule has 2 aromatic carbocycles. The van der Waals surface area contributed by atoms with Crippen molar-refractivity contribution in [1.29, 1.82) is 0 Å². The number of esters is 1. The Labute approximate surface area is 149 Å². The lowest BCUT2D eigenvalue weighted by atomic mass is 9.98. The predicted octanol–water partition coefficient (Wildman–Crippen LogP) is 3.08. The van der Waals surface area contributed by atoms with Crippen molar-refractivity contribution in [3.05, 3.63) is 52.5 Å². The minimum atomic E-state index is -0.924. The Morgan fingerprint density at radius 2 is 1.88 bits per heavy atom. The van der Waals surface area contributed by atoms with E-state index in [1.165, 1.54) is 20.3 Å². The van der Waals surface area contributed by atoms with E-state index in [-0.39, 0.29) is 5.02 Å². The summed E-state index contributed by atoms with van der Waals surface area (Å²) in [7, 11) is 2.97. The van der Waals surface area contributed by atoms with Gasteiger partial charge < -0.3 is 19.5 Å². The zero-order valence-corrected chi connectivity index (χ0v) is 14.4. The average Bonchev–Trinajstić information content (AvgIpc) is 2.62. The highest BCUT2D eigenvalue weighted by Crippen LogP contribution is 2.36. The van der Waals surface area contributed by atoms with Gasteiger partial charge in [0.25, 0.3) is 5.91 Å². The van der Waals surface area contributed by atoms with Gasteiger partial charge in [0.1, 0.15) is 0 Å². The molecule has 0 fully saturated rings. The molecule has 6 nitrogen and oxygen atoms in total. The maximum Gasteiger partial charge on any atom is 0.339 e. The van der Waals surface area contributed by atoms with Crippen LogP contribution in [0.15, 0.2) is 36.4 Å². The summed E-state index contributed by atoms with van der Waals surface area (Å²) < 4.78 is 15.6. The molecule has 2 aromatic rings. The van der Waals surface area contributed by atoms with Crippen LogP contribution in [0, 0.1) is 0 Å². The number of carbonyl (C=O) groups is 2. The van der Waals surface area contributed by atoms with Crippen molar-refractivity contribution in [1.82, 2.24) is 0 Å². The number of hydrogen-bond donors (Lipinski definition) is 1. The van der Waals surface area contributed by atoms with E-state index in [2.05, 4.69) is 5.32 Å². The molecule has 0 bridgehead atoms. The Balaban J connectivity index is 1.81. The van der Waals surface area contributed by atoms with Crippen LogP contribution in [0.2, 0.25) is 5.02 Å². The summed E-state index contributed by atoms with van der Waals surface area (Å²) in [4.78, 5) is 24.5. The molecular formula is C18H16ClNO5. The van der Waals surface area contributed by atoms with Crippen molar-refractivity contribution in [3.8, 4) is 11.5 Å². The number of methoxy groups -OCH3 is 2. The summed E-state index contributed by atoms with van der Waals surface area (Å²) in [6.07, 6.45) is -0.620. The first-order chi connectivity index (χ1) is 12.0. The van der Waals surface area contributed by atoms with Crippen molar-refractivity contribution >= 4 is 29.2 Å². The van der Waals surface area contributed by atoms with Crippen LogP contribution in [0.4, 0.5) is 5.69 Å². The van der Waals surface area contributed by atoms with E-state index in [9.17, 15) is 9.59 Å². The number of anilines is 1. The van der Waals surface area contributed by atoms with Crippen LogP contribution >= 0.6 is 11.6 Å². The number of nitrogens with one attached hydrogen (secondary N) is 1. The van der Waals surface area contributed by atoms with E-state index in [0.717, 1.165) is 5.56 Å². The van der Waals surface area contributed by atoms with Crippen molar-refractivity contribution < 1.29 is 23.8 Å². The monoisotopic (exact) mass is 361 g/mol. The lowest BCUT2D eigenvalue weighted by molar-refractivity contribution is -0.125. The van der Waals surface area contributed by atoms with Gasteiger partial charge in [-0.25, -0.2) is 4.79 Å². The Morgan fingerprint density at radius 3 is 2.60 bits per heavy atom. The van der Waals surface area contributed by atoms with Crippen molar-refractivity contribution in [2.24, 2.45) is 0 Å². The van der Waals surface area contributed by atoms with E-state index in [1.54, 1.807) is 24.3 Å². The third-order valence-corrected chi connectivity index (χ3v) is 4.23. The molecule has 130 valence electrons. The van der Waals surface area contributed by atoms with Gasteiger partial charge in [0.2, 0.25) is 0 Å². The smallest absolute Gasteiger partial charge is 0.339 e. The third kappa shape index (κ3) is 3.39. The van der Waals surface area contributed by atoms with Crippen LogP contribution < -0.4 is 14.8 Å². The third-order valence-electron chi connectivity index (χ3n) is 3.92. The van der Waals surface area contributed by atoms with Gasteiger partial charge >= 0.3 is 5.97 Å². The Morgan fingerprint density at radius 1 is 1.20 bits per heavy atom. The summed E-state index contributed by atoms with van der Waals surface area (Å²) >= 11 is 6.17. The van der Waals surface area contributed by atoms with Gasteiger partial charge in [0, 0.05) is 18.6 Å². The van der Waals surface area contributed by atoms with Gasteiger partial charge in [-0.3, -0.25) is 4.79 Å². The number of hydrogen-bond acceptors (Lipinski definition) is 5. The fraction of sp³-hybridized carbons (Fsp3) is 0.222. The second-order valence-corrected chi connectivity index (χ2v) is 5.84. The molecule has 1 amide bonds. The molecule has 0 saturated carbocycles. The first-order valence-corrected chi connectivity index (χ1v) is 7.92. The summed E-state index contributed by atoms with van der Waals surface area (Å²) in [5.41, 5.74) is 1.60. The Bertz CT molecular complexity index is 836. The second kappa shape index (κ2) is 7.03. The van der Waals surface area contributed by atoms with E-state index in [1.807, 2.05) is 6.07 Å². The first kappa shape index (κ1) is 17.1. The lowest BCUT2D eigenvalue weighted by Gasteiger charge is -2.24. The quantitative estimate of drug-likeness (QED) is 0.847. The largest absolute Gasteiger partial charge is 0.493 e. The van der Waals surface area contributed by atoms with Gasteiger partial charge in [0.15, 0.2) is 17.6 Å². The molecule has 1 N–H and O–H groups in total. The van der Waals surface area contributed by atoms with Crippen LogP contribution in [0.5, 0.6) is 11.5 Å². The van der Waals surface area contributed by atoms with E-state index < -0.39 is 18.0 Å². The molecule has 3 rings (SSSR count). The number of benzene rings is 2. The minimum absolute atomic E-state index is 0.286. The number of fused-ring (bicyclic) bond motifs is 1. The molecule has 1 heterocycles. The molecule has 1 atom stereocenters. The number of halogens is 1. The summed E-state index contributed by atoms with van der Waals surface area (Å²) in [5.74, 6) is -0.103. The standard InChI is InChI=1S/C18H16ClNO5/c1-23-14-8-12(19)13(9-15(14)24-2)20-17(21)16-7-10-5-3-4-6-11(10)18(22)25-16/h3-6,8-9,16H,7H2,1-2H3,(H,20,21)/t16-/m1/s1. The predicted molar refractivity (Wildman–Crippen MR) is 92.5 cm³/mol.